The highest BCUT2D eigenvalue weighted by atomic mass is 16.5. The highest BCUT2D eigenvalue weighted by Crippen LogP contribution is 2.32. The number of rotatable bonds is 2. The van der Waals surface area contributed by atoms with Crippen LogP contribution in [0, 0.1) is 6.92 Å². The predicted octanol–water partition coefficient (Wildman–Crippen LogP) is 2.78. The molecule has 3 rings (SSSR count). The van der Waals surface area contributed by atoms with Gasteiger partial charge >= 0.3 is 0 Å². The summed E-state index contributed by atoms with van der Waals surface area (Å²) in [5.41, 5.74) is 2.68. The Morgan fingerprint density at radius 1 is 0.870 bits per heavy atom. The maximum Gasteiger partial charge on any atom is 0.176 e. The number of hydrogen-bond donors (Lipinski definition) is 4. The highest BCUT2D eigenvalue weighted by molar-refractivity contribution is 5.69. The van der Waals surface area contributed by atoms with Gasteiger partial charge in [-0.2, -0.15) is 4.73 Å². The maximum absolute atomic E-state index is 10.2. The average molecular weight is 314 g/mol. The molecule has 0 spiro atoms. The Kier molecular flexibility index (Phi) is 4.88. The van der Waals surface area contributed by atoms with Crippen LogP contribution < -0.4 is 0 Å². The van der Waals surface area contributed by atoms with Crippen LogP contribution in [-0.2, 0) is 0 Å². The van der Waals surface area contributed by atoms with Crippen LogP contribution in [0.5, 0.6) is 11.5 Å². The van der Waals surface area contributed by atoms with Crippen LogP contribution in [0.15, 0.2) is 48.5 Å². The standard InChI is InChI=1S/C16H14N2O3.CH4O/c1-10-15(11-5-3-2-4-6-11)17-16(18(10)21)12-7-8-13(19)14(20)9-12;1-2/h2-9,19-21H,1H3;2H,1H3. The molecule has 120 valence electrons. The first kappa shape index (κ1) is 16.4. The van der Waals surface area contributed by atoms with Gasteiger partial charge in [0.25, 0.3) is 0 Å². The fourth-order valence-corrected chi connectivity index (χ4v) is 2.21. The molecule has 2 aromatic carbocycles. The Hall–Kier alpha value is -2.99. The number of phenolic OH excluding ortho intramolecular Hbond substituents is 2. The van der Waals surface area contributed by atoms with Gasteiger partial charge in [-0.25, -0.2) is 4.98 Å². The van der Waals surface area contributed by atoms with Crippen molar-refractivity contribution in [2.75, 3.05) is 7.11 Å². The van der Waals surface area contributed by atoms with Crippen LogP contribution >= 0.6 is 0 Å². The maximum atomic E-state index is 10.2. The summed E-state index contributed by atoms with van der Waals surface area (Å²) in [4.78, 5) is 4.44. The van der Waals surface area contributed by atoms with Crippen molar-refractivity contribution in [3.05, 3.63) is 54.2 Å². The number of benzene rings is 2. The molecule has 0 aliphatic heterocycles. The van der Waals surface area contributed by atoms with Gasteiger partial charge in [-0.15, -0.1) is 0 Å². The van der Waals surface area contributed by atoms with E-state index in [1.165, 1.54) is 12.1 Å². The Morgan fingerprint density at radius 3 is 2.13 bits per heavy atom. The molecule has 0 bridgehead atoms. The van der Waals surface area contributed by atoms with E-state index in [0.717, 1.165) is 17.4 Å². The molecule has 1 heterocycles. The molecule has 0 radical (unpaired) electrons. The van der Waals surface area contributed by atoms with Crippen LogP contribution in [0.3, 0.4) is 0 Å². The minimum absolute atomic E-state index is 0.213. The van der Waals surface area contributed by atoms with Gasteiger partial charge in [0.05, 0.1) is 11.4 Å². The van der Waals surface area contributed by atoms with E-state index in [1.54, 1.807) is 13.0 Å². The predicted molar refractivity (Wildman–Crippen MR) is 86.5 cm³/mol. The zero-order valence-corrected chi connectivity index (χ0v) is 12.8. The van der Waals surface area contributed by atoms with Crippen molar-refractivity contribution in [3.63, 3.8) is 0 Å². The molecule has 4 N–H and O–H groups in total. The van der Waals surface area contributed by atoms with E-state index in [2.05, 4.69) is 4.98 Å². The van der Waals surface area contributed by atoms with Gasteiger partial charge in [0.1, 0.15) is 0 Å². The van der Waals surface area contributed by atoms with Crippen molar-refractivity contribution in [1.82, 2.24) is 9.71 Å². The molecule has 0 aliphatic carbocycles. The van der Waals surface area contributed by atoms with E-state index in [4.69, 9.17) is 5.11 Å². The van der Waals surface area contributed by atoms with Crippen LogP contribution in [0.25, 0.3) is 22.6 Å². The minimum atomic E-state index is -0.255. The van der Waals surface area contributed by atoms with E-state index in [1.807, 2.05) is 30.3 Å². The lowest BCUT2D eigenvalue weighted by Gasteiger charge is -2.03. The highest BCUT2D eigenvalue weighted by Gasteiger charge is 2.17. The molecule has 0 unspecified atom stereocenters. The topological polar surface area (TPSA) is 98.7 Å². The second-order valence-corrected chi connectivity index (χ2v) is 4.75. The molecule has 1 aromatic heterocycles. The fraction of sp³-hybridized carbons (Fsp3) is 0.118. The fourth-order valence-electron chi connectivity index (χ4n) is 2.21. The molecule has 0 saturated heterocycles. The molecule has 6 nitrogen and oxygen atoms in total. The lowest BCUT2D eigenvalue weighted by Crippen LogP contribution is -1.96. The first-order chi connectivity index (χ1) is 11.1. The van der Waals surface area contributed by atoms with Gasteiger partial charge < -0.3 is 20.5 Å². The third-order valence-corrected chi connectivity index (χ3v) is 3.36. The summed E-state index contributed by atoms with van der Waals surface area (Å²) in [6.45, 7) is 1.76. The number of aliphatic hydroxyl groups is 1. The second-order valence-electron chi connectivity index (χ2n) is 4.75. The first-order valence-corrected chi connectivity index (χ1v) is 6.89. The van der Waals surface area contributed by atoms with E-state index in [0.29, 0.717) is 22.8 Å². The number of aromatic nitrogens is 2. The molecular weight excluding hydrogens is 296 g/mol. The molecule has 0 aliphatic rings. The van der Waals surface area contributed by atoms with Gasteiger partial charge in [0, 0.05) is 18.2 Å². The number of aliphatic hydroxyl groups excluding tert-OH is 1. The quantitative estimate of drug-likeness (QED) is 0.430. The third-order valence-electron chi connectivity index (χ3n) is 3.36. The van der Waals surface area contributed by atoms with Gasteiger partial charge in [-0.05, 0) is 25.1 Å². The van der Waals surface area contributed by atoms with Gasteiger partial charge in [-0.1, -0.05) is 30.3 Å². The summed E-state index contributed by atoms with van der Waals surface area (Å²) < 4.78 is 0.980. The Bertz CT molecular complexity index is 798. The molecule has 6 heteroatoms. The van der Waals surface area contributed by atoms with Crippen molar-refractivity contribution in [1.29, 1.82) is 0 Å². The van der Waals surface area contributed by atoms with Crippen molar-refractivity contribution in [3.8, 4) is 34.1 Å². The minimum Gasteiger partial charge on any atom is -0.504 e. The summed E-state index contributed by atoms with van der Waals surface area (Å²) in [7, 11) is 1.00. The van der Waals surface area contributed by atoms with Crippen molar-refractivity contribution < 1.29 is 20.5 Å². The summed E-state index contributed by atoms with van der Waals surface area (Å²) in [5, 5.41) is 36.1. The summed E-state index contributed by atoms with van der Waals surface area (Å²) >= 11 is 0. The van der Waals surface area contributed by atoms with Crippen molar-refractivity contribution in [2.45, 2.75) is 6.92 Å². The number of hydrogen-bond acceptors (Lipinski definition) is 5. The van der Waals surface area contributed by atoms with Crippen LogP contribution in [0.1, 0.15) is 5.69 Å². The smallest absolute Gasteiger partial charge is 0.176 e. The van der Waals surface area contributed by atoms with E-state index in [-0.39, 0.29) is 11.5 Å². The average Bonchev–Trinajstić information content (AvgIpc) is 2.89. The van der Waals surface area contributed by atoms with Crippen LogP contribution in [0.4, 0.5) is 0 Å². The molecule has 0 atom stereocenters. The number of phenols is 2. The van der Waals surface area contributed by atoms with Gasteiger partial charge in [-0.3, -0.25) is 0 Å². The molecule has 3 aromatic rings. The Balaban J connectivity index is 0.000000924. The SMILES string of the molecule is CO.Cc1c(-c2ccccc2)nc(-c2ccc(O)c(O)c2)n1O. The lowest BCUT2D eigenvalue weighted by molar-refractivity contribution is 0.185. The van der Waals surface area contributed by atoms with Crippen molar-refractivity contribution in [2.24, 2.45) is 0 Å². The normalized spacial score (nSPS) is 10.0. The largest absolute Gasteiger partial charge is 0.504 e. The van der Waals surface area contributed by atoms with Crippen LogP contribution in [0.2, 0.25) is 0 Å². The molecular formula is C17H18N2O4. The van der Waals surface area contributed by atoms with Gasteiger partial charge in [0.15, 0.2) is 17.3 Å². The number of nitrogens with zero attached hydrogens (tertiary/aromatic N) is 2. The Labute approximate surface area is 133 Å². The molecule has 0 amide bonds. The second kappa shape index (κ2) is 6.85. The number of imidazole rings is 1. The van der Waals surface area contributed by atoms with Crippen LogP contribution in [-0.4, -0.2) is 37.4 Å². The first-order valence-electron chi connectivity index (χ1n) is 6.89. The lowest BCUT2D eigenvalue weighted by atomic mass is 10.1. The summed E-state index contributed by atoms with van der Waals surface area (Å²) in [6, 6.07) is 13.8. The molecule has 0 fully saturated rings. The molecule has 0 saturated carbocycles. The van der Waals surface area contributed by atoms with E-state index >= 15 is 0 Å². The Morgan fingerprint density at radius 2 is 1.52 bits per heavy atom. The monoisotopic (exact) mass is 314 g/mol. The summed E-state index contributed by atoms with van der Waals surface area (Å²) in [6.07, 6.45) is 0. The zero-order chi connectivity index (χ0) is 17.0. The third kappa shape index (κ3) is 3.12. The zero-order valence-electron chi connectivity index (χ0n) is 12.8. The van der Waals surface area contributed by atoms with E-state index in [9.17, 15) is 15.4 Å². The molecule has 23 heavy (non-hydrogen) atoms. The van der Waals surface area contributed by atoms with E-state index < -0.39 is 0 Å². The summed E-state index contributed by atoms with van der Waals surface area (Å²) in [5.74, 6) is -0.161. The number of aromatic hydroxyl groups is 2. The van der Waals surface area contributed by atoms with Crippen molar-refractivity contribution >= 4 is 0 Å². The van der Waals surface area contributed by atoms with Gasteiger partial charge in [0.2, 0.25) is 0 Å².